The first-order chi connectivity index (χ1) is 17.5. The smallest absolute Gasteiger partial charge is 0.271 e. The molecule has 3 aromatic carbocycles. The molecule has 178 valence electrons. The third-order valence-corrected chi connectivity index (χ3v) is 8.48. The molecule has 0 unspecified atom stereocenters. The molecule has 0 spiro atoms. The van der Waals surface area contributed by atoms with Gasteiger partial charge < -0.3 is 9.90 Å². The lowest BCUT2D eigenvalue weighted by atomic mass is 9.83. The molecule has 4 aromatic rings. The minimum Gasteiger partial charge on any atom is -0.545 e. The minimum atomic E-state index is -1.22. The topological polar surface area (TPSA) is 74.5 Å². The van der Waals surface area contributed by atoms with Gasteiger partial charge in [0.2, 0.25) is 0 Å². The molecule has 0 N–H and O–H groups in total. The number of rotatable bonds is 4. The Morgan fingerprint density at radius 3 is 2.53 bits per heavy atom. The average molecular weight is 510 g/mol. The van der Waals surface area contributed by atoms with Crippen molar-refractivity contribution < 1.29 is 9.90 Å². The van der Waals surface area contributed by atoms with E-state index >= 15 is 0 Å². The fraction of sp³-hybridized carbons (Fsp3) is 0.138. The molecular weight excluding hydrogens is 488 g/mol. The maximum Gasteiger partial charge on any atom is 0.271 e. The van der Waals surface area contributed by atoms with E-state index in [9.17, 15) is 14.7 Å². The summed E-state index contributed by atoms with van der Waals surface area (Å²) >= 11 is 3.06. The Balaban J connectivity index is 1.56. The third kappa shape index (κ3) is 3.85. The zero-order chi connectivity index (χ0) is 24.8. The van der Waals surface area contributed by atoms with Gasteiger partial charge in [0.1, 0.15) is 0 Å². The quantitative estimate of drug-likeness (QED) is 0.395. The first-order valence-corrected chi connectivity index (χ1v) is 13.7. The zero-order valence-electron chi connectivity index (χ0n) is 19.4. The number of aromatic nitrogens is 1. The van der Waals surface area contributed by atoms with E-state index in [0.29, 0.717) is 9.33 Å². The number of thioether (sulfide) groups is 1. The number of allylic oxidation sites excluding steroid dienone is 1. The monoisotopic (exact) mass is 509 g/mol. The number of fused-ring (bicyclic) bond motifs is 3. The van der Waals surface area contributed by atoms with Crippen molar-refractivity contribution in [1.29, 1.82) is 0 Å². The normalized spacial score (nSPS) is 16.7. The largest absolute Gasteiger partial charge is 0.545 e. The molecule has 1 aromatic heterocycles. The van der Waals surface area contributed by atoms with Crippen molar-refractivity contribution in [3.05, 3.63) is 126 Å². The van der Waals surface area contributed by atoms with Gasteiger partial charge in [-0.25, -0.2) is 4.99 Å². The Kier molecular flexibility index (Phi) is 5.74. The van der Waals surface area contributed by atoms with Gasteiger partial charge in [-0.05, 0) is 65.1 Å². The molecule has 0 saturated heterocycles. The van der Waals surface area contributed by atoms with Gasteiger partial charge in [-0.15, -0.1) is 11.8 Å². The van der Waals surface area contributed by atoms with Crippen LogP contribution in [0.25, 0.3) is 11.8 Å². The number of carbonyl (C=O) groups excluding carboxylic acids is 1. The molecule has 6 rings (SSSR count). The minimum absolute atomic E-state index is 0.0907. The van der Waals surface area contributed by atoms with Crippen molar-refractivity contribution in [3.63, 3.8) is 0 Å². The summed E-state index contributed by atoms with van der Waals surface area (Å²) in [6.07, 6.45) is 5.61. The Morgan fingerprint density at radius 2 is 1.81 bits per heavy atom. The van der Waals surface area contributed by atoms with Gasteiger partial charge in [0.15, 0.2) is 4.80 Å². The second kappa shape index (κ2) is 9.08. The molecular formula is C29H21N2O3S2-. The Bertz CT molecular complexity index is 1710. The highest BCUT2D eigenvalue weighted by molar-refractivity contribution is 7.98. The van der Waals surface area contributed by atoms with Crippen LogP contribution in [0.2, 0.25) is 0 Å². The van der Waals surface area contributed by atoms with Crippen LogP contribution in [0.3, 0.4) is 0 Å². The predicted molar refractivity (Wildman–Crippen MR) is 142 cm³/mol. The van der Waals surface area contributed by atoms with E-state index in [-0.39, 0.29) is 17.2 Å². The fourth-order valence-corrected chi connectivity index (χ4v) is 6.38. The second-order valence-electron chi connectivity index (χ2n) is 8.80. The van der Waals surface area contributed by atoms with E-state index < -0.39 is 5.97 Å². The highest BCUT2D eigenvalue weighted by Crippen LogP contribution is 2.41. The Hall–Kier alpha value is -3.68. The number of carbonyl (C=O) groups is 1. The van der Waals surface area contributed by atoms with Crippen molar-refractivity contribution in [2.24, 2.45) is 4.99 Å². The second-order valence-corrected chi connectivity index (χ2v) is 10.7. The van der Waals surface area contributed by atoms with E-state index in [4.69, 9.17) is 4.99 Å². The summed E-state index contributed by atoms with van der Waals surface area (Å²) in [6, 6.07) is 22.9. The molecule has 1 aliphatic carbocycles. The SMILES string of the molecule is CSc1ccc([C@H]2C3=C(N=c4s/c(=C\c5ccc(C(=O)[O-])cc5)c(=O)n42)c2ccccc2CC3)cc1. The number of carboxylic acid groups (broad SMARTS) is 1. The molecule has 36 heavy (non-hydrogen) atoms. The lowest BCUT2D eigenvalue weighted by molar-refractivity contribution is -0.255. The van der Waals surface area contributed by atoms with Gasteiger partial charge in [-0.2, -0.15) is 0 Å². The zero-order valence-corrected chi connectivity index (χ0v) is 21.1. The maximum absolute atomic E-state index is 13.8. The summed E-state index contributed by atoms with van der Waals surface area (Å²) in [7, 11) is 0. The van der Waals surface area contributed by atoms with Crippen LogP contribution in [-0.4, -0.2) is 16.8 Å². The van der Waals surface area contributed by atoms with Gasteiger partial charge in [0.05, 0.1) is 22.2 Å². The first-order valence-electron chi connectivity index (χ1n) is 11.6. The highest BCUT2D eigenvalue weighted by atomic mass is 32.2. The Morgan fingerprint density at radius 1 is 1.06 bits per heavy atom. The standard InChI is InChI=1S/C29H22N2O3S2/c1-35-21-13-10-19(11-14-21)26-23-15-12-18-4-2-3-5-22(18)25(23)30-29-31(26)27(32)24(36-29)16-17-6-8-20(9-7-17)28(33)34/h2-11,13-14,16,26H,12,15H2,1H3,(H,33,34)/p-1/b24-16-/t26-/m0/s1. The van der Waals surface area contributed by atoms with Gasteiger partial charge >= 0.3 is 0 Å². The lowest BCUT2D eigenvalue weighted by Gasteiger charge is -2.30. The van der Waals surface area contributed by atoms with Crippen LogP contribution in [0.15, 0.2) is 93.1 Å². The van der Waals surface area contributed by atoms with Crippen molar-refractivity contribution in [1.82, 2.24) is 4.57 Å². The molecule has 0 bridgehead atoms. The van der Waals surface area contributed by atoms with Gasteiger partial charge in [-0.3, -0.25) is 9.36 Å². The summed E-state index contributed by atoms with van der Waals surface area (Å²) in [5, 5.41) is 11.1. The van der Waals surface area contributed by atoms with Crippen molar-refractivity contribution in [2.45, 2.75) is 23.8 Å². The lowest BCUT2D eigenvalue weighted by Crippen LogP contribution is -2.38. The third-order valence-electron chi connectivity index (χ3n) is 6.75. The van der Waals surface area contributed by atoms with Crippen LogP contribution < -0.4 is 20.0 Å². The summed E-state index contributed by atoms with van der Waals surface area (Å²) < 4.78 is 2.39. The number of thiazole rings is 1. The summed E-state index contributed by atoms with van der Waals surface area (Å²) in [5.41, 5.74) is 6.40. The molecule has 1 aliphatic heterocycles. The predicted octanol–water partition coefficient (Wildman–Crippen LogP) is 3.40. The first kappa shape index (κ1) is 22.8. The van der Waals surface area contributed by atoms with Crippen molar-refractivity contribution in [3.8, 4) is 0 Å². The average Bonchev–Trinajstić information content (AvgIpc) is 3.22. The summed E-state index contributed by atoms with van der Waals surface area (Å²) in [6.45, 7) is 0. The molecule has 2 heterocycles. The van der Waals surface area contributed by atoms with Crippen LogP contribution in [0, 0.1) is 0 Å². The molecule has 0 saturated carbocycles. The van der Waals surface area contributed by atoms with Gasteiger partial charge in [-0.1, -0.05) is 72.0 Å². The molecule has 2 aliphatic rings. The maximum atomic E-state index is 13.8. The molecule has 1 atom stereocenters. The van der Waals surface area contributed by atoms with Crippen LogP contribution >= 0.6 is 23.1 Å². The van der Waals surface area contributed by atoms with Crippen LogP contribution in [0.4, 0.5) is 0 Å². The van der Waals surface area contributed by atoms with Crippen molar-refractivity contribution in [2.75, 3.05) is 6.26 Å². The molecule has 0 fully saturated rings. The van der Waals surface area contributed by atoms with E-state index in [2.05, 4.69) is 48.7 Å². The van der Waals surface area contributed by atoms with E-state index in [1.165, 1.54) is 39.5 Å². The molecule has 5 nitrogen and oxygen atoms in total. The fourth-order valence-electron chi connectivity index (χ4n) is 4.98. The molecule has 0 amide bonds. The van der Waals surface area contributed by atoms with Crippen LogP contribution in [0.5, 0.6) is 0 Å². The number of nitrogens with zero attached hydrogens (tertiary/aromatic N) is 2. The number of aryl methyl sites for hydroxylation is 1. The highest BCUT2D eigenvalue weighted by Gasteiger charge is 2.32. The number of hydrogen-bond donors (Lipinski definition) is 0. The van der Waals surface area contributed by atoms with Gasteiger partial charge in [0, 0.05) is 10.5 Å². The number of aromatic carboxylic acids is 1. The van der Waals surface area contributed by atoms with Crippen LogP contribution in [-0.2, 0) is 6.42 Å². The number of benzene rings is 3. The Labute approximate surface area is 215 Å². The van der Waals surface area contributed by atoms with E-state index in [1.54, 1.807) is 30.0 Å². The van der Waals surface area contributed by atoms with Crippen molar-refractivity contribution >= 4 is 40.8 Å². The van der Waals surface area contributed by atoms with Gasteiger partial charge in [0.25, 0.3) is 5.56 Å². The summed E-state index contributed by atoms with van der Waals surface area (Å²) in [5.74, 6) is -1.22. The number of hydrogen-bond acceptors (Lipinski definition) is 6. The van der Waals surface area contributed by atoms with Crippen LogP contribution in [0.1, 0.15) is 45.1 Å². The summed E-state index contributed by atoms with van der Waals surface area (Å²) in [4.78, 5) is 31.7. The van der Waals surface area contributed by atoms with E-state index in [0.717, 1.165) is 35.2 Å². The number of carboxylic acids is 1. The molecule has 0 radical (unpaired) electrons. The van der Waals surface area contributed by atoms with E-state index in [1.807, 2.05) is 10.6 Å². The molecule has 7 heteroatoms.